The highest BCUT2D eigenvalue weighted by Crippen LogP contribution is 2.28. The van der Waals surface area contributed by atoms with Crippen LogP contribution in [0.5, 0.6) is 0 Å². The predicted molar refractivity (Wildman–Crippen MR) is 112 cm³/mol. The molecule has 1 aliphatic heterocycles. The van der Waals surface area contributed by atoms with Crippen LogP contribution in [-0.4, -0.2) is 38.8 Å². The first-order chi connectivity index (χ1) is 13.0. The maximum atomic E-state index is 12.3. The van der Waals surface area contributed by atoms with Gasteiger partial charge in [0.25, 0.3) is 0 Å². The van der Waals surface area contributed by atoms with E-state index in [1.54, 1.807) is 0 Å². The zero-order valence-electron chi connectivity index (χ0n) is 15.8. The van der Waals surface area contributed by atoms with Crippen molar-refractivity contribution in [3.63, 3.8) is 0 Å². The van der Waals surface area contributed by atoms with Gasteiger partial charge in [0, 0.05) is 26.1 Å². The number of aryl methyl sites for hydroxylation is 2. The van der Waals surface area contributed by atoms with E-state index < -0.39 is 0 Å². The second-order valence-corrected chi connectivity index (χ2v) is 7.19. The number of morpholine rings is 1. The van der Waals surface area contributed by atoms with E-state index in [0.29, 0.717) is 23.7 Å². The van der Waals surface area contributed by atoms with E-state index in [1.165, 1.54) is 0 Å². The van der Waals surface area contributed by atoms with Crippen LogP contribution >= 0.6 is 11.6 Å². The molecule has 1 saturated heterocycles. The van der Waals surface area contributed by atoms with Crippen LogP contribution in [0.2, 0.25) is 5.02 Å². The summed E-state index contributed by atoms with van der Waals surface area (Å²) in [5.74, 6) is -0.0554. The number of anilines is 3. The van der Waals surface area contributed by atoms with Crippen LogP contribution < -0.4 is 15.5 Å². The molecule has 0 bridgehead atoms. The maximum absolute atomic E-state index is 12.3. The van der Waals surface area contributed by atoms with Crippen molar-refractivity contribution in [2.75, 3.05) is 48.4 Å². The standard InChI is InChI=1S/C21H26ClN3O2/c1-15-13-16(2)21(17(22)14-15)24-20(26)7-8-23-18-5-3-4-6-19(18)25-9-11-27-12-10-25/h3-6,13-14,23H,7-12H2,1-2H3,(H,24,26). The monoisotopic (exact) mass is 387 g/mol. The fraction of sp³-hybridized carbons (Fsp3) is 0.381. The van der Waals surface area contributed by atoms with Gasteiger partial charge >= 0.3 is 0 Å². The third-order valence-electron chi connectivity index (χ3n) is 4.62. The van der Waals surface area contributed by atoms with Gasteiger partial charge in [-0.15, -0.1) is 0 Å². The lowest BCUT2D eigenvalue weighted by atomic mass is 10.1. The summed E-state index contributed by atoms with van der Waals surface area (Å²) in [7, 11) is 0. The second kappa shape index (κ2) is 9.11. The molecular formula is C21H26ClN3O2. The Labute approximate surface area is 165 Å². The summed E-state index contributed by atoms with van der Waals surface area (Å²) in [5.41, 5.74) is 4.94. The highest BCUT2D eigenvalue weighted by molar-refractivity contribution is 6.34. The number of rotatable bonds is 6. The first kappa shape index (κ1) is 19.5. The zero-order chi connectivity index (χ0) is 19.2. The fourth-order valence-corrected chi connectivity index (χ4v) is 3.66. The van der Waals surface area contributed by atoms with Crippen molar-refractivity contribution in [2.24, 2.45) is 0 Å². The highest BCUT2D eigenvalue weighted by Gasteiger charge is 2.15. The van der Waals surface area contributed by atoms with Crippen molar-refractivity contribution in [3.8, 4) is 0 Å². The zero-order valence-corrected chi connectivity index (χ0v) is 16.6. The van der Waals surface area contributed by atoms with Crippen molar-refractivity contribution >= 4 is 34.6 Å². The Morgan fingerprint density at radius 2 is 1.93 bits per heavy atom. The summed E-state index contributed by atoms with van der Waals surface area (Å²) in [5, 5.41) is 6.90. The molecule has 1 aliphatic rings. The Bertz CT molecular complexity index is 781. The summed E-state index contributed by atoms with van der Waals surface area (Å²) in [6.45, 7) is 7.73. The normalized spacial score (nSPS) is 14.1. The Morgan fingerprint density at radius 3 is 2.67 bits per heavy atom. The maximum Gasteiger partial charge on any atom is 0.226 e. The number of benzene rings is 2. The number of ether oxygens (including phenoxy) is 1. The summed E-state index contributed by atoms with van der Waals surface area (Å²) < 4.78 is 5.43. The van der Waals surface area contributed by atoms with Gasteiger partial charge in [-0.2, -0.15) is 0 Å². The molecule has 0 unspecified atom stereocenters. The number of nitrogens with zero attached hydrogens (tertiary/aromatic N) is 1. The van der Waals surface area contributed by atoms with Crippen molar-refractivity contribution in [3.05, 3.63) is 52.5 Å². The lowest BCUT2D eigenvalue weighted by Crippen LogP contribution is -2.36. The number of para-hydroxylation sites is 2. The molecule has 2 aromatic rings. The molecule has 3 rings (SSSR count). The largest absolute Gasteiger partial charge is 0.383 e. The van der Waals surface area contributed by atoms with Crippen LogP contribution in [0.1, 0.15) is 17.5 Å². The first-order valence-corrected chi connectivity index (χ1v) is 9.64. The topological polar surface area (TPSA) is 53.6 Å². The lowest BCUT2D eigenvalue weighted by molar-refractivity contribution is -0.115. The number of halogens is 1. The average Bonchev–Trinajstić information content (AvgIpc) is 2.66. The summed E-state index contributed by atoms with van der Waals surface area (Å²) in [6.07, 6.45) is 0.362. The molecule has 5 nitrogen and oxygen atoms in total. The van der Waals surface area contributed by atoms with E-state index in [4.69, 9.17) is 16.3 Å². The van der Waals surface area contributed by atoms with Crippen LogP contribution in [0.15, 0.2) is 36.4 Å². The van der Waals surface area contributed by atoms with Crippen molar-refractivity contribution < 1.29 is 9.53 Å². The van der Waals surface area contributed by atoms with Gasteiger partial charge in [-0.05, 0) is 43.2 Å². The van der Waals surface area contributed by atoms with Gasteiger partial charge < -0.3 is 20.3 Å². The molecule has 27 heavy (non-hydrogen) atoms. The minimum Gasteiger partial charge on any atom is -0.383 e. The Kier molecular flexibility index (Phi) is 6.58. The predicted octanol–water partition coefficient (Wildman–Crippen LogP) is 4.23. The average molecular weight is 388 g/mol. The van der Waals surface area contributed by atoms with E-state index in [0.717, 1.165) is 48.8 Å². The van der Waals surface area contributed by atoms with Crippen LogP contribution in [0, 0.1) is 13.8 Å². The van der Waals surface area contributed by atoms with Crippen LogP contribution in [0.3, 0.4) is 0 Å². The molecule has 1 heterocycles. The molecule has 0 atom stereocenters. The van der Waals surface area contributed by atoms with E-state index >= 15 is 0 Å². The molecule has 0 aliphatic carbocycles. The second-order valence-electron chi connectivity index (χ2n) is 6.78. The van der Waals surface area contributed by atoms with Gasteiger partial charge in [0.1, 0.15) is 0 Å². The smallest absolute Gasteiger partial charge is 0.226 e. The number of hydrogen-bond acceptors (Lipinski definition) is 4. The summed E-state index contributed by atoms with van der Waals surface area (Å²) >= 11 is 6.27. The molecule has 6 heteroatoms. The molecule has 2 aromatic carbocycles. The quantitative estimate of drug-likeness (QED) is 0.778. The SMILES string of the molecule is Cc1cc(C)c(NC(=O)CCNc2ccccc2N2CCOCC2)c(Cl)c1. The van der Waals surface area contributed by atoms with Gasteiger partial charge in [-0.1, -0.05) is 29.8 Å². The number of amides is 1. The number of hydrogen-bond donors (Lipinski definition) is 2. The third-order valence-corrected chi connectivity index (χ3v) is 4.92. The van der Waals surface area contributed by atoms with E-state index in [9.17, 15) is 4.79 Å². The van der Waals surface area contributed by atoms with Crippen LogP contribution in [0.4, 0.5) is 17.1 Å². The van der Waals surface area contributed by atoms with Gasteiger partial charge in [0.05, 0.1) is 35.3 Å². The minimum atomic E-state index is -0.0554. The molecular weight excluding hydrogens is 362 g/mol. The van der Waals surface area contributed by atoms with E-state index in [-0.39, 0.29) is 5.91 Å². The molecule has 0 spiro atoms. The van der Waals surface area contributed by atoms with Gasteiger partial charge in [0.15, 0.2) is 0 Å². The van der Waals surface area contributed by atoms with Gasteiger partial charge in [-0.25, -0.2) is 0 Å². The molecule has 1 fully saturated rings. The Morgan fingerprint density at radius 1 is 1.19 bits per heavy atom. The molecule has 144 valence electrons. The fourth-order valence-electron chi connectivity index (χ4n) is 3.29. The Balaban J connectivity index is 1.56. The Hall–Kier alpha value is -2.24. The van der Waals surface area contributed by atoms with Crippen molar-refractivity contribution in [1.29, 1.82) is 0 Å². The lowest BCUT2D eigenvalue weighted by Gasteiger charge is -2.30. The van der Waals surface area contributed by atoms with E-state index in [1.807, 2.05) is 44.2 Å². The third kappa shape index (κ3) is 5.15. The summed E-state index contributed by atoms with van der Waals surface area (Å²) in [6, 6.07) is 12.1. The first-order valence-electron chi connectivity index (χ1n) is 9.27. The molecule has 2 N–H and O–H groups in total. The van der Waals surface area contributed by atoms with E-state index in [2.05, 4.69) is 21.6 Å². The molecule has 0 saturated carbocycles. The molecule has 0 radical (unpaired) electrons. The summed E-state index contributed by atoms with van der Waals surface area (Å²) in [4.78, 5) is 14.6. The van der Waals surface area contributed by atoms with Gasteiger partial charge in [-0.3, -0.25) is 4.79 Å². The van der Waals surface area contributed by atoms with Crippen molar-refractivity contribution in [1.82, 2.24) is 0 Å². The molecule has 0 aromatic heterocycles. The number of carbonyl (C=O) groups is 1. The number of carbonyl (C=O) groups excluding carboxylic acids is 1. The van der Waals surface area contributed by atoms with Gasteiger partial charge in [0.2, 0.25) is 5.91 Å². The molecule has 1 amide bonds. The van der Waals surface area contributed by atoms with Crippen molar-refractivity contribution in [2.45, 2.75) is 20.3 Å². The number of nitrogens with one attached hydrogen (secondary N) is 2. The van der Waals surface area contributed by atoms with Crippen LogP contribution in [0.25, 0.3) is 0 Å². The van der Waals surface area contributed by atoms with Crippen LogP contribution in [-0.2, 0) is 9.53 Å². The highest BCUT2D eigenvalue weighted by atomic mass is 35.5. The minimum absolute atomic E-state index is 0.0554.